The van der Waals surface area contributed by atoms with Gasteiger partial charge in [-0.1, -0.05) is 26.8 Å². The van der Waals surface area contributed by atoms with E-state index in [1.807, 2.05) is 12.1 Å². The molecule has 0 spiro atoms. The molecule has 1 aromatic carbocycles. The van der Waals surface area contributed by atoms with Gasteiger partial charge in [-0.25, -0.2) is 0 Å². The third-order valence-electron chi connectivity index (χ3n) is 3.27. The summed E-state index contributed by atoms with van der Waals surface area (Å²) in [6, 6.07) is 6.12. The van der Waals surface area contributed by atoms with Crippen LogP contribution in [0.25, 0.3) is 0 Å². The zero-order valence-electron chi connectivity index (χ0n) is 11.8. The van der Waals surface area contributed by atoms with Gasteiger partial charge in [0.1, 0.15) is 0 Å². The number of rotatable bonds is 7. The molecule has 102 valence electrons. The van der Waals surface area contributed by atoms with Crippen molar-refractivity contribution in [2.75, 3.05) is 19.5 Å². The van der Waals surface area contributed by atoms with Crippen LogP contribution in [0.4, 0.5) is 0 Å². The van der Waals surface area contributed by atoms with Crippen molar-refractivity contribution in [3.05, 3.63) is 23.8 Å². The summed E-state index contributed by atoms with van der Waals surface area (Å²) in [5, 5.41) is 0. The largest absolute Gasteiger partial charge is 0.493 e. The van der Waals surface area contributed by atoms with Crippen LogP contribution < -0.4 is 9.47 Å². The highest BCUT2D eigenvalue weighted by Gasteiger charge is 2.14. The fourth-order valence-electron chi connectivity index (χ4n) is 1.70. The molecule has 0 heterocycles. The number of hydrogen-bond acceptors (Lipinski definition) is 3. The van der Waals surface area contributed by atoms with E-state index in [4.69, 9.17) is 9.47 Å². The van der Waals surface area contributed by atoms with Crippen molar-refractivity contribution >= 4 is 12.6 Å². The van der Waals surface area contributed by atoms with Crippen LogP contribution in [0, 0.1) is 11.8 Å². The highest BCUT2D eigenvalue weighted by molar-refractivity contribution is 7.80. The highest BCUT2D eigenvalue weighted by Crippen LogP contribution is 2.29. The van der Waals surface area contributed by atoms with Crippen molar-refractivity contribution in [3.8, 4) is 11.5 Å². The van der Waals surface area contributed by atoms with E-state index in [0.717, 1.165) is 23.7 Å². The van der Waals surface area contributed by atoms with Gasteiger partial charge in [-0.05, 0) is 35.8 Å². The molecule has 0 fully saturated rings. The van der Waals surface area contributed by atoms with E-state index in [-0.39, 0.29) is 0 Å². The number of benzene rings is 1. The van der Waals surface area contributed by atoms with Crippen molar-refractivity contribution < 1.29 is 9.47 Å². The van der Waals surface area contributed by atoms with E-state index in [9.17, 15) is 0 Å². The lowest BCUT2D eigenvalue weighted by atomic mass is 9.99. The zero-order valence-corrected chi connectivity index (χ0v) is 12.7. The van der Waals surface area contributed by atoms with Gasteiger partial charge in [-0.15, -0.1) is 0 Å². The van der Waals surface area contributed by atoms with Crippen LogP contribution >= 0.6 is 12.6 Å². The monoisotopic (exact) mass is 268 g/mol. The number of methoxy groups -OCH3 is 1. The normalized spacial score (nSPS) is 12.6. The van der Waals surface area contributed by atoms with Gasteiger partial charge >= 0.3 is 0 Å². The summed E-state index contributed by atoms with van der Waals surface area (Å²) in [7, 11) is 1.68. The SMILES string of the molecule is CCc1ccc(OCC(CS)C(C)C)c(OC)c1. The molecule has 0 radical (unpaired) electrons. The molecule has 0 aromatic heterocycles. The van der Waals surface area contributed by atoms with Crippen LogP contribution in [0.3, 0.4) is 0 Å². The minimum atomic E-state index is 0.462. The van der Waals surface area contributed by atoms with Gasteiger partial charge < -0.3 is 9.47 Å². The van der Waals surface area contributed by atoms with Gasteiger partial charge in [0.25, 0.3) is 0 Å². The van der Waals surface area contributed by atoms with Crippen LogP contribution in [0.2, 0.25) is 0 Å². The lowest BCUT2D eigenvalue weighted by molar-refractivity contribution is 0.218. The molecule has 0 aliphatic carbocycles. The molecule has 0 N–H and O–H groups in total. The summed E-state index contributed by atoms with van der Waals surface area (Å²) in [6.07, 6.45) is 1.00. The summed E-state index contributed by atoms with van der Waals surface area (Å²) >= 11 is 4.37. The average molecular weight is 268 g/mol. The van der Waals surface area contributed by atoms with E-state index < -0.39 is 0 Å². The lowest BCUT2D eigenvalue weighted by Crippen LogP contribution is -2.19. The first-order valence-corrected chi connectivity index (χ1v) is 7.16. The van der Waals surface area contributed by atoms with Crippen LogP contribution in [0.15, 0.2) is 18.2 Å². The van der Waals surface area contributed by atoms with Gasteiger partial charge in [-0.3, -0.25) is 0 Å². The lowest BCUT2D eigenvalue weighted by Gasteiger charge is -2.20. The quantitative estimate of drug-likeness (QED) is 0.757. The first kappa shape index (κ1) is 15.2. The van der Waals surface area contributed by atoms with Crippen molar-refractivity contribution in [2.24, 2.45) is 11.8 Å². The molecular weight excluding hydrogens is 244 g/mol. The van der Waals surface area contributed by atoms with E-state index in [1.54, 1.807) is 7.11 Å². The molecule has 0 saturated heterocycles. The maximum absolute atomic E-state index is 5.87. The summed E-state index contributed by atoms with van der Waals surface area (Å²) in [4.78, 5) is 0. The smallest absolute Gasteiger partial charge is 0.161 e. The van der Waals surface area contributed by atoms with Crippen LogP contribution in [0.1, 0.15) is 26.3 Å². The van der Waals surface area contributed by atoms with Crippen molar-refractivity contribution in [1.82, 2.24) is 0 Å². The molecule has 0 bridgehead atoms. The molecule has 1 atom stereocenters. The zero-order chi connectivity index (χ0) is 13.5. The molecule has 18 heavy (non-hydrogen) atoms. The first-order chi connectivity index (χ1) is 8.62. The summed E-state index contributed by atoms with van der Waals surface area (Å²) in [5.74, 6) is 3.51. The Morgan fingerprint density at radius 1 is 1.22 bits per heavy atom. The molecule has 1 aromatic rings. The third kappa shape index (κ3) is 4.13. The number of hydrogen-bond donors (Lipinski definition) is 1. The second-order valence-electron chi connectivity index (χ2n) is 4.84. The molecule has 2 nitrogen and oxygen atoms in total. The second kappa shape index (κ2) is 7.57. The Balaban J connectivity index is 2.72. The van der Waals surface area contributed by atoms with Crippen molar-refractivity contribution in [1.29, 1.82) is 0 Å². The summed E-state index contributed by atoms with van der Waals surface area (Å²) < 4.78 is 11.2. The molecule has 0 saturated carbocycles. The Labute approximate surface area is 116 Å². The Morgan fingerprint density at radius 3 is 2.44 bits per heavy atom. The van der Waals surface area contributed by atoms with Gasteiger partial charge in [0.2, 0.25) is 0 Å². The minimum Gasteiger partial charge on any atom is -0.493 e. The van der Waals surface area contributed by atoms with Gasteiger partial charge in [-0.2, -0.15) is 12.6 Å². The highest BCUT2D eigenvalue weighted by atomic mass is 32.1. The Morgan fingerprint density at radius 2 is 1.94 bits per heavy atom. The average Bonchev–Trinajstić information content (AvgIpc) is 2.39. The molecular formula is C15H24O2S. The standard InChI is InChI=1S/C15H24O2S/c1-5-12-6-7-14(15(8-12)16-4)17-9-13(10-18)11(2)3/h6-8,11,13,18H,5,9-10H2,1-4H3. The Hall–Kier alpha value is -0.830. The Kier molecular flexibility index (Phi) is 6.41. The fraction of sp³-hybridized carbons (Fsp3) is 0.600. The topological polar surface area (TPSA) is 18.5 Å². The maximum atomic E-state index is 5.87. The molecule has 0 amide bonds. The molecule has 0 aliphatic rings. The second-order valence-corrected chi connectivity index (χ2v) is 5.20. The van der Waals surface area contributed by atoms with E-state index >= 15 is 0 Å². The van der Waals surface area contributed by atoms with Crippen molar-refractivity contribution in [3.63, 3.8) is 0 Å². The Bertz CT molecular complexity index is 364. The minimum absolute atomic E-state index is 0.462. The molecule has 0 aliphatic heterocycles. The predicted molar refractivity (Wildman–Crippen MR) is 80.0 cm³/mol. The van der Waals surface area contributed by atoms with Crippen LogP contribution in [-0.2, 0) is 6.42 Å². The fourth-order valence-corrected chi connectivity index (χ4v) is 2.23. The van der Waals surface area contributed by atoms with Crippen LogP contribution in [-0.4, -0.2) is 19.5 Å². The van der Waals surface area contributed by atoms with Gasteiger partial charge in [0.05, 0.1) is 13.7 Å². The van der Waals surface area contributed by atoms with E-state index in [2.05, 4.69) is 39.5 Å². The predicted octanol–water partition coefficient (Wildman–Crippen LogP) is 3.84. The third-order valence-corrected chi connectivity index (χ3v) is 3.74. The number of aryl methyl sites for hydroxylation is 1. The molecule has 3 heteroatoms. The molecule has 1 rings (SSSR count). The van der Waals surface area contributed by atoms with Crippen molar-refractivity contribution in [2.45, 2.75) is 27.2 Å². The number of thiol groups is 1. The van der Waals surface area contributed by atoms with E-state index in [0.29, 0.717) is 18.4 Å². The van der Waals surface area contributed by atoms with Crippen LogP contribution in [0.5, 0.6) is 11.5 Å². The summed E-state index contributed by atoms with van der Waals surface area (Å²) in [5.41, 5.74) is 1.26. The summed E-state index contributed by atoms with van der Waals surface area (Å²) in [6.45, 7) is 7.21. The van der Waals surface area contributed by atoms with E-state index in [1.165, 1.54) is 5.56 Å². The van der Waals surface area contributed by atoms with Gasteiger partial charge in [0.15, 0.2) is 11.5 Å². The number of ether oxygens (including phenoxy) is 2. The first-order valence-electron chi connectivity index (χ1n) is 6.52. The van der Waals surface area contributed by atoms with Gasteiger partial charge in [0, 0.05) is 5.92 Å². The maximum Gasteiger partial charge on any atom is 0.161 e. The molecule has 1 unspecified atom stereocenters.